The predicted octanol–water partition coefficient (Wildman–Crippen LogP) is 3.77. The molecule has 1 saturated heterocycles. The summed E-state index contributed by atoms with van der Waals surface area (Å²) in [7, 11) is 0. The molecule has 1 N–H and O–H groups in total. The van der Waals surface area contributed by atoms with Crippen LogP contribution in [0.5, 0.6) is 11.5 Å². The predicted molar refractivity (Wildman–Crippen MR) is 112 cm³/mol. The largest absolute Gasteiger partial charge is 0.454 e. The molecule has 0 unspecified atom stereocenters. The summed E-state index contributed by atoms with van der Waals surface area (Å²) in [5.41, 5.74) is 1.26. The third-order valence-electron chi connectivity index (χ3n) is 5.73. The second-order valence-electron chi connectivity index (χ2n) is 8.00. The van der Waals surface area contributed by atoms with Crippen molar-refractivity contribution in [1.82, 2.24) is 20.4 Å². The van der Waals surface area contributed by atoms with E-state index in [4.69, 9.17) is 14.0 Å². The number of urea groups is 1. The molecular formula is C23H23FN4O4. The average Bonchev–Trinajstić information content (AvgIpc) is 3.47. The summed E-state index contributed by atoms with van der Waals surface area (Å²) in [5.74, 6) is 1.93. The number of fused-ring (bicyclic) bond motifs is 1. The summed E-state index contributed by atoms with van der Waals surface area (Å²) in [6.45, 7) is 1.94. The van der Waals surface area contributed by atoms with Gasteiger partial charge in [-0.3, -0.25) is 0 Å². The highest BCUT2D eigenvalue weighted by atomic mass is 19.1. The third-order valence-corrected chi connectivity index (χ3v) is 5.73. The van der Waals surface area contributed by atoms with Gasteiger partial charge in [-0.25, -0.2) is 9.18 Å². The maximum atomic E-state index is 14.0. The van der Waals surface area contributed by atoms with Gasteiger partial charge in [0.05, 0.1) is 5.56 Å². The molecule has 32 heavy (non-hydrogen) atoms. The Bertz CT molecular complexity index is 1120. The SMILES string of the molecule is O=C(NCc1ccc2c(c1)OCO2)N1CCC[C@@H](Cc2nc(-c3ccccc3F)no2)C1. The number of aromatic nitrogens is 2. The average molecular weight is 438 g/mol. The van der Waals surface area contributed by atoms with Crippen molar-refractivity contribution in [3.05, 3.63) is 59.7 Å². The number of nitrogens with zero attached hydrogens (tertiary/aromatic N) is 3. The molecule has 8 nitrogen and oxygen atoms in total. The molecule has 0 saturated carbocycles. The first-order valence-electron chi connectivity index (χ1n) is 10.6. The van der Waals surface area contributed by atoms with E-state index in [1.807, 2.05) is 23.1 Å². The zero-order chi connectivity index (χ0) is 21.9. The van der Waals surface area contributed by atoms with Gasteiger partial charge < -0.3 is 24.2 Å². The van der Waals surface area contributed by atoms with Crippen LogP contribution in [0.25, 0.3) is 11.4 Å². The number of hydrogen-bond acceptors (Lipinski definition) is 6. The summed E-state index contributed by atoms with van der Waals surface area (Å²) in [4.78, 5) is 18.9. The monoisotopic (exact) mass is 438 g/mol. The van der Waals surface area contributed by atoms with Gasteiger partial charge >= 0.3 is 6.03 Å². The number of nitrogens with one attached hydrogen (secondary N) is 1. The quantitative estimate of drug-likeness (QED) is 0.652. The minimum absolute atomic E-state index is 0.107. The first kappa shape index (κ1) is 20.3. The van der Waals surface area contributed by atoms with Crippen LogP contribution < -0.4 is 14.8 Å². The molecule has 166 valence electrons. The summed E-state index contributed by atoms with van der Waals surface area (Å²) >= 11 is 0. The van der Waals surface area contributed by atoms with Crippen LogP contribution in [-0.4, -0.2) is 41.0 Å². The van der Waals surface area contributed by atoms with Crippen molar-refractivity contribution in [1.29, 1.82) is 0 Å². The first-order chi connectivity index (χ1) is 15.7. The van der Waals surface area contributed by atoms with E-state index >= 15 is 0 Å². The van der Waals surface area contributed by atoms with E-state index in [1.54, 1.807) is 18.2 Å². The molecule has 2 aliphatic rings. The van der Waals surface area contributed by atoms with Crippen LogP contribution in [-0.2, 0) is 13.0 Å². The molecule has 2 amide bonds. The molecule has 1 fully saturated rings. The highest BCUT2D eigenvalue weighted by Gasteiger charge is 2.26. The Morgan fingerprint density at radius 2 is 2.06 bits per heavy atom. The molecular weight excluding hydrogens is 415 g/mol. The van der Waals surface area contributed by atoms with E-state index in [0.717, 1.165) is 24.2 Å². The van der Waals surface area contributed by atoms with E-state index in [0.29, 0.717) is 43.3 Å². The highest BCUT2D eigenvalue weighted by molar-refractivity contribution is 5.74. The Morgan fingerprint density at radius 1 is 1.19 bits per heavy atom. The van der Waals surface area contributed by atoms with Gasteiger partial charge in [-0.1, -0.05) is 23.4 Å². The summed E-state index contributed by atoms with van der Waals surface area (Å²) in [6, 6.07) is 11.9. The van der Waals surface area contributed by atoms with Crippen molar-refractivity contribution < 1.29 is 23.2 Å². The fourth-order valence-electron chi connectivity index (χ4n) is 4.09. The number of carbonyl (C=O) groups excluding carboxylic acids is 1. The van der Waals surface area contributed by atoms with Gasteiger partial charge in [0, 0.05) is 26.1 Å². The van der Waals surface area contributed by atoms with Crippen molar-refractivity contribution in [3.63, 3.8) is 0 Å². The lowest BCUT2D eigenvalue weighted by Gasteiger charge is -2.32. The second kappa shape index (κ2) is 8.86. The molecule has 9 heteroatoms. The maximum Gasteiger partial charge on any atom is 0.317 e. The van der Waals surface area contributed by atoms with Crippen molar-refractivity contribution >= 4 is 6.03 Å². The van der Waals surface area contributed by atoms with Crippen molar-refractivity contribution in [2.24, 2.45) is 5.92 Å². The van der Waals surface area contributed by atoms with Crippen LogP contribution in [0.15, 0.2) is 47.0 Å². The molecule has 5 rings (SSSR count). The van der Waals surface area contributed by atoms with E-state index in [-0.39, 0.29) is 30.4 Å². The first-order valence-corrected chi connectivity index (χ1v) is 10.6. The van der Waals surface area contributed by atoms with Crippen LogP contribution in [0, 0.1) is 11.7 Å². The molecule has 0 spiro atoms. The Balaban J connectivity index is 1.16. The Kier molecular flexibility index (Phi) is 5.62. The van der Waals surface area contributed by atoms with Crippen molar-refractivity contribution in [2.75, 3.05) is 19.9 Å². The molecule has 3 aromatic rings. The van der Waals surface area contributed by atoms with Crippen LogP contribution >= 0.6 is 0 Å². The normalized spacial score (nSPS) is 17.4. The molecule has 2 aromatic carbocycles. The Labute approximate surface area is 184 Å². The van der Waals surface area contributed by atoms with Gasteiger partial charge in [0.2, 0.25) is 18.5 Å². The number of amides is 2. The molecule has 2 aliphatic heterocycles. The van der Waals surface area contributed by atoms with Crippen LogP contribution in [0.4, 0.5) is 9.18 Å². The highest BCUT2D eigenvalue weighted by Crippen LogP contribution is 2.32. The lowest BCUT2D eigenvalue weighted by molar-refractivity contribution is 0.161. The van der Waals surface area contributed by atoms with E-state index in [1.165, 1.54) is 6.07 Å². The molecule has 0 radical (unpaired) electrons. The van der Waals surface area contributed by atoms with E-state index in [2.05, 4.69) is 15.5 Å². The van der Waals surface area contributed by atoms with Gasteiger partial charge in [0.15, 0.2) is 11.5 Å². The molecule has 0 bridgehead atoms. The lowest BCUT2D eigenvalue weighted by atomic mass is 9.95. The van der Waals surface area contributed by atoms with Gasteiger partial charge in [0.25, 0.3) is 0 Å². The van der Waals surface area contributed by atoms with Gasteiger partial charge in [0.1, 0.15) is 5.82 Å². The molecule has 0 aliphatic carbocycles. The topological polar surface area (TPSA) is 89.7 Å². The van der Waals surface area contributed by atoms with Crippen LogP contribution in [0.2, 0.25) is 0 Å². The third kappa shape index (κ3) is 4.37. The number of hydrogen-bond donors (Lipinski definition) is 1. The Hall–Kier alpha value is -3.62. The zero-order valence-electron chi connectivity index (χ0n) is 17.4. The maximum absolute atomic E-state index is 14.0. The van der Waals surface area contributed by atoms with Gasteiger partial charge in [-0.15, -0.1) is 0 Å². The fourth-order valence-corrected chi connectivity index (χ4v) is 4.09. The number of likely N-dealkylation sites (tertiary alicyclic amines) is 1. The van der Waals surface area contributed by atoms with Crippen LogP contribution in [0.1, 0.15) is 24.3 Å². The Morgan fingerprint density at radius 3 is 2.97 bits per heavy atom. The molecule has 3 heterocycles. The van der Waals surface area contributed by atoms with Gasteiger partial charge in [-0.05, 0) is 48.6 Å². The summed E-state index contributed by atoms with van der Waals surface area (Å²) in [5, 5.41) is 6.89. The molecule has 1 atom stereocenters. The van der Waals surface area contributed by atoms with Crippen molar-refractivity contribution in [2.45, 2.75) is 25.8 Å². The number of halogens is 1. The number of carbonyl (C=O) groups is 1. The van der Waals surface area contributed by atoms with E-state index in [9.17, 15) is 9.18 Å². The number of piperidine rings is 1. The fraction of sp³-hybridized carbons (Fsp3) is 0.348. The standard InChI is InChI=1S/C23H23FN4O4/c24-18-6-2-1-5-17(18)22-26-21(32-27-22)11-16-4-3-9-28(13-16)23(29)25-12-15-7-8-19-20(10-15)31-14-30-19/h1-2,5-8,10,16H,3-4,9,11-14H2,(H,25,29)/t16-/m0/s1. The minimum Gasteiger partial charge on any atom is -0.454 e. The zero-order valence-corrected chi connectivity index (χ0v) is 17.4. The minimum atomic E-state index is -0.386. The number of rotatable bonds is 5. The van der Waals surface area contributed by atoms with Crippen LogP contribution in [0.3, 0.4) is 0 Å². The second-order valence-corrected chi connectivity index (χ2v) is 8.00. The number of ether oxygens (including phenoxy) is 2. The summed E-state index contributed by atoms with van der Waals surface area (Å²) < 4.78 is 30.0. The van der Waals surface area contributed by atoms with Gasteiger partial charge in [-0.2, -0.15) is 4.98 Å². The smallest absolute Gasteiger partial charge is 0.317 e. The lowest BCUT2D eigenvalue weighted by Crippen LogP contribution is -2.45. The summed E-state index contributed by atoms with van der Waals surface area (Å²) in [6.07, 6.45) is 2.41. The number of benzene rings is 2. The van der Waals surface area contributed by atoms with E-state index < -0.39 is 0 Å². The molecule has 1 aromatic heterocycles. The van der Waals surface area contributed by atoms with Crippen molar-refractivity contribution in [3.8, 4) is 22.9 Å².